The molecule has 0 bridgehead atoms. The van der Waals surface area contributed by atoms with Gasteiger partial charge in [-0.15, -0.1) is 0 Å². The Morgan fingerprint density at radius 1 is 0.900 bits per heavy atom. The number of anilines is 2. The number of rotatable bonds is 6. The lowest BCUT2D eigenvalue weighted by molar-refractivity contribution is 0.0939. The zero-order valence-corrected chi connectivity index (χ0v) is 18.7. The molecule has 0 aromatic heterocycles. The van der Waals surface area contributed by atoms with Crippen LogP contribution in [0.3, 0.4) is 0 Å². The summed E-state index contributed by atoms with van der Waals surface area (Å²) in [4.78, 5) is 27.5. The molecule has 0 saturated carbocycles. The second-order valence-corrected chi connectivity index (χ2v) is 8.11. The molecule has 0 aliphatic heterocycles. The number of nitrogens with zero attached hydrogens (tertiary/aromatic N) is 1. The van der Waals surface area contributed by atoms with Crippen molar-refractivity contribution in [2.45, 2.75) is 13.0 Å². The van der Waals surface area contributed by atoms with Crippen LogP contribution in [0.25, 0.3) is 0 Å². The first-order valence-electron chi connectivity index (χ1n) is 9.59. The SMILES string of the molecule is CC(NC(=O)c1cc(NC(=O)c2cccc(Br)c2)ccc1N(C)C)c1ccccc1. The average Bonchev–Trinajstić information content (AvgIpc) is 2.74. The number of amides is 2. The minimum absolute atomic E-state index is 0.145. The van der Waals surface area contributed by atoms with Crippen LogP contribution in [0.1, 0.15) is 39.2 Å². The van der Waals surface area contributed by atoms with Gasteiger partial charge in [0.05, 0.1) is 11.6 Å². The average molecular weight is 466 g/mol. The van der Waals surface area contributed by atoms with E-state index in [0.29, 0.717) is 16.8 Å². The Morgan fingerprint density at radius 2 is 1.63 bits per heavy atom. The second kappa shape index (κ2) is 9.59. The van der Waals surface area contributed by atoms with Crippen molar-refractivity contribution in [3.63, 3.8) is 0 Å². The monoisotopic (exact) mass is 465 g/mol. The van der Waals surface area contributed by atoms with Crippen LogP contribution in [0.2, 0.25) is 0 Å². The van der Waals surface area contributed by atoms with Crippen LogP contribution in [-0.2, 0) is 0 Å². The maximum Gasteiger partial charge on any atom is 0.255 e. The smallest absolute Gasteiger partial charge is 0.255 e. The zero-order valence-electron chi connectivity index (χ0n) is 17.1. The second-order valence-electron chi connectivity index (χ2n) is 7.20. The highest BCUT2D eigenvalue weighted by Crippen LogP contribution is 2.25. The quantitative estimate of drug-likeness (QED) is 0.521. The molecular formula is C24H24BrN3O2. The van der Waals surface area contributed by atoms with E-state index in [2.05, 4.69) is 26.6 Å². The molecule has 0 aliphatic rings. The maximum atomic E-state index is 13.0. The summed E-state index contributed by atoms with van der Waals surface area (Å²) in [5.41, 5.74) is 3.38. The fraction of sp³-hybridized carbons (Fsp3) is 0.167. The number of hydrogen-bond acceptors (Lipinski definition) is 3. The highest BCUT2D eigenvalue weighted by atomic mass is 79.9. The van der Waals surface area contributed by atoms with Crippen LogP contribution in [0.15, 0.2) is 77.3 Å². The third kappa shape index (κ3) is 5.27. The number of carbonyl (C=O) groups is 2. The van der Waals surface area contributed by atoms with Gasteiger partial charge in [0, 0.05) is 35.5 Å². The zero-order chi connectivity index (χ0) is 21.7. The first kappa shape index (κ1) is 21.6. The number of benzene rings is 3. The number of carbonyl (C=O) groups excluding carboxylic acids is 2. The standard InChI is InChI=1S/C24H24BrN3O2/c1-16(17-8-5-4-6-9-17)26-24(30)21-15-20(12-13-22(21)28(2)3)27-23(29)18-10-7-11-19(25)14-18/h4-16H,1-3H3,(H,26,30)(H,27,29). The van der Waals surface area contributed by atoms with E-state index in [9.17, 15) is 9.59 Å². The Labute approximate surface area is 185 Å². The Morgan fingerprint density at radius 3 is 2.30 bits per heavy atom. The van der Waals surface area contributed by atoms with Gasteiger partial charge in [-0.2, -0.15) is 0 Å². The third-order valence-corrected chi connectivity index (χ3v) is 5.21. The van der Waals surface area contributed by atoms with Crippen LogP contribution < -0.4 is 15.5 Å². The van der Waals surface area contributed by atoms with Gasteiger partial charge in [-0.3, -0.25) is 9.59 Å². The fourth-order valence-corrected chi connectivity index (χ4v) is 3.52. The largest absolute Gasteiger partial charge is 0.377 e. The summed E-state index contributed by atoms with van der Waals surface area (Å²) in [6.45, 7) is 1.95. The first-order valence-corrected chi connectivity index (χ1v) is 10.4. The molecule has 154 valence electrons. The van der Waals surface area contributed by atoms with Crippen LogP contribution in [-0.4, -0.2) is 25.9 Å². The molecule has 0 aliphatic carbocycles. The van der Waals surface area contributed by atoms with E-state index in [1.165, 1.54) is 0 Å². The van der Waals surface area contributed by atoms with Crippen molar-refractivity contribution in [3.05, 3.63) is 94.0 Å². The van der Waals surface area contributed by atoms with Gasteiger partial charge in [-0.25, -0.2) is 0 Å². The number of nitrogens with one attached hydrogen (secondary N) is 2. The summed E-state index contributed by atoms with van der Waals surface area (Å²) in [5.74, 6) is -0.438. The predicted molar refractivity (Wildman–Crippen MR) is 125 cm³/mol. The van der Waals surface area contributed by atoms with Crippen molar-refractivity contribution < 1.29 is 9.59 Å². The molecule has 1 atom stereocenters. The molecule has 0 radical (unpaired) electrons. The molecule has 3 rings (SSSR count). The molecule has 1 unspecified atom stereocenters. The highest BCUT2D eigenvalue weighted by molar-refractivity contribution is 9.10. The van der Waals surface area contributed by atoms with Gasteiger partial charge in [-0.05, 0) is 48.9 Å². The molecule has 3 aromatic carbocycles. The van der Waals surface area contributed by atoms with E-state index in [4.69, 9.17) is 0 Å². The van der Waals surface area contributed by atoms with Crippen LogP contribution in [0, 0.1) is 0 Å². The summed E-state index contributed by atoms with van der Waals surface area (Å²) in [5, 5.41) is 5.92. The van der Waals surface area contributed by atoms with Crippen LogP contribution in [0.5, 0.6) is 0 Å². The Bertz CT molecular complexity index is 1050. The van der Waals surface area contributed by atoms with Crippen LogP contribution in [0.4, 0.5) is 11.4 Å². The lowest BCUT2D eigenvalue weighted by atomic mass is 10.1. The minimum Gasteiger partial charge on any atom is -0.377 e. The molecule has 0 spiro atoms. The summed E-state index contributed by atoms with van der Waals surface area (Å²) in [6.07, 6.45) is 0. The summed E-state index contributed by atoms with van der Waals surface area (Å²) in [7, 11) is 3.76. The first-order chi connectivity index (χ1) is 14.3. The molecule has 2 N–H and O–H groups in total. The van der Waals surface area contributed by atoms with Gasteiger partial charge in [-0.1, -0.05) is 52.3 Å². The molecule has 0 saturated heterocycles. The van der Waals surface area contributed by atoms with Crippen molar-refractivity contribution in [1.82, 2.24) is 5.32 Å². The van der Waals surface area contributed by atoms with E-state index < -0.39 is 0 Å². The van der Waals surface area contributed by atoms with Crippen molar-refractivity contribution in [1.29, 1.82) is 0 Å². The molecular weight excluding hydrogens is 442 g/mol. The Hall–Kier alpha value is -3.12. The van der Waals surface area contributed by atoms with E-state index in [0.717, 1.165) is 15.7 Å². The van der Waals surface area contributed by atoms with Crippen molar-refractivity contribution >= 4 is 39.1 Å². The van der Waals surface area contributed by atoms with Crippen molar-refractivity contribution in [2.24, 2.45) is 0 Å². The Balaban J connectivity index is 1.83. The maximum absolute atomic E-state index is 13.0. The van der Waals surface area contributed by atoms with E-state index in [1.807, 2.05) is 68.4 Å². The molecule has 2 amide bonds. The van der Waals surface area contributed by atoms with Gasteiger partial charge < -0.3 is 15.5 Å². The molecule has 5 nitrogen and oxygen atoms in total. The van der Waals surface area contributed by atoms with Gasteiger partial charge in [0.15, 0.2) is 0 Å². The van der Waals surface area contributed by atoms with Gasteiger partial charge in [0.2, 0.25) is 0 Å². The Kier molecular flexibility index (Phi) is 6.90. The lowest BCUT2D eigenvalue weighted by Gasteiger charge is -2.20. The predicted octanol–water partition coefficient (Wildman–Crippen LogP) is 5.26. The fourth-order valence-electron chi connectivity index (χ4n) is 3.12. The normalized spacial score (nSPS) is 11.5. The molecule has 0 heterocycles. The molecule has 3 aromatic rings. The third-order valence-electron chi connectivity index (χ3n) is 4.71. The van der Waals surface area contributed by atoms with Gasteiger partial charge in [0.25, 0.3) is 11.8 Å². The highest BCUT2D eigenvalue weighted by Gasteiger charge is 2.18. The molecule has 30 heavy (non-hydrogen) atoms. The number of hydrogen-bond donors (Lipinski definition) is 2. The molecule has 0 fully saturated rings. The van der Waals surface area contributed by atoms with E-state index in [-0.39, 0.29) is 17.9 Å². The summed E-state index contributed by atoms with van der Waals surface area (Å²) in [6, 6.07) is 22.1. The van der Waals surface area contributed by atoms with Gasteiger partial charge in [0.1, 0.15) is 0 Å². The van der Waals surface area contributed by atoms with E-state index >= 15 is 0 Å². The minimum atomic E-state index is -0.238. The number of halogens is 1. The van der Waals surface area contributed by atoms with Crippen molar-refractivity contribution in [2.75, 3.05) is 24.3 Å². The van der Waals surface area contributed by atoms with Gasteiger partial charge >= 0.3 is 0 Å². The molecule has 6 heteroatoms. The lowest BCUT2D eigenvalue weighted by Crippen LogP contribution is -2.28. The summed E-state index contributed by atoms with van der Waals surface area (Å²) >= 11 is 3.38. The van der Waals surface area contributed by atoms with Crippen molar-refractivity contribution in [3.8, 4) is 0 Å². The van der Waals surface area contributed by atoms with Crippen LogP contribution >= 0.6 is 15.9 Å². The topological polar surface area (TPSA) is 61.4 Å². The van der Waals surface area contributed by atoms with E-state index in [1.54, 1.807) is 30.3 Å². The summed E-state index contributed by atoms with van der Waals surface area (Å²) < 4.78 is 0.827.